The molecule has 0 heterocycles. The fourth-order valence-corrected chi connectivity index (χ4v) is 0.541. The van der Waals surface area contributed by atoms with Crippen LogP contribution in [0.4, 0.5) is 0 Å². The summed E-state index contributed by atoms with van der Waals surface area (Å²) in [7, 11) is 1.30. The van der Waals surface area contributed by atoms with Gasteiger partial charge >= 0.3 is 7.12 Å². The van der Waals surface area contributed by atoms with E-state index >= 15 is 0 Å². The summed E-state index contributed by atoms with van der Waals surface area (Å²) in [5.41, 5.74) is -0.172. The highest BCUT2D eigenvalue weighted by molar-refractivity contribution is 6.50. The lowest BCUT2D eigenvalue weighted by molar-refractivity contribution is 0.0975. The Kier molecular flexibility index (Phi) is 3.68. The summed E-state index contributed by atoms with van der Waals surface area (Å²) in [6.45, 7) is 9.49. The summed E-state index contributed by atoms with van der Waals surface area (Å²) in [6, 6.07) is 0. The number of hydrogen-bond donors (Lipinski definition) is 0. The first kappa shape index (κ1) is 9.72. The van der Waals surface area contributed by atoms with E-state index in [1.54, 1.807) is 13.1 Å². The van der Waals surface area contributed by atoms with Crippen LogP contribution < -0.4 is 0 Å². The van der Waals surface area contributed by atoms with Gasteiger partial charge < -0.3 is 9.31 Å². The molecule has 10 heavy (non-hydrogen) atoms. The summed E-state index contributed by atoms with van der Waals surface area (Å²) >= 11 is 0. The van der Waals surface area contributed by atoms with Gasteiger partial charge in [-0.3, -0.25) is 0 Å². The lowest BCUT2D eigenvalue weighted by Crippen LogP contribution is -2.30. The molecule has 0 fully saturated rings. The van der Waals surface area contributed by atoms with Crippen molar-refractivity contribution in [1.29, 1.82) is 0 Å². The highest BCUT2D eigenvalue weighted by Crippen LogP contribution is 2.08. The number of hydrogen-bond acceptors (Lipinski definition) is 2. The van der Waals surface area contributed by atoms with E-state index in [4.69, 9.17) is 9.31 Å². The summed E-state index contributed by atoms with van der Waals surface area (Å²) < 4.78 is 10.3. The molecule has 2 nitrogen and oxygen atoms in total. The van der Waals surface area contributed by atoms with E-state index in [9.17, 15) is 0 Å². The highest BCUT2D eigenvalue weighted by atomic mass is 16.6. The molecule has 0 spiro atoms. The minimum atomic E-state index is -0.292. The van der Waals surface area contributed by atoms with E-state index in [0.717, 1.165) is 0 Å². The molecule has 0 unspecified atom stereocenters. The van der Waals surface area contributed by atoms with Gasteiger partial charge in [0.15, 0.2) is 0 Å². The lowest BCUT2D eigenvalue weighted by atomic mass is 9.89. The Bertz CT molecular complexity index is 107. The van der Waals surface area contributed by atoms with Gasteiger partial charge in [-0.2, -0.15) is 0 Å². The second kappa shape index (κ2) is 3.79. The minimum absolute atomic E-state index is 0.172. The Morgan fingerprint density at radius 1 is 1.40 bits per heavy atom. The van der Waals surface area contributed by atoms with Crippen molar-refractivity contribution in [1.82, 2.24) is 0 Å². The smallest absolute Gasteiger partial charge is 0.410 e. The molecule has 0 aliphatic carbocycles. The van der Waals surface area contributed by atoms with Crippen LogP contribution in [0.3, 0.4) is 0 Å². The quantitative estimate of drug-likeness (QED) is 0.558. The topological polar surface area (TPSA) is 18.5 Å². The average molecular weight is 142 g/mol. The first-order valence-corrected chi connectivity index (χ1v) is 3.33. The van der Waals surface area contributed by atoms with Crippen LogP contribution in [0, 0.1) is 0 Å². The molecule has 3 heteroatoms. The van der Waals surface area contributed by atoms with Gasteiger partial charge in [-0.05, 0) is 20.8 Å². The van der Waals surface area contributed by atoms with Crippen LogP contribution in [0.2, 0.25) is 0 Å². The second-order valence-electron chi connectivity index (χ2n) is 3.07. The van der Waals surface area contributed by atoms with Gasteiger partial charge in [-0.1, -0.05) is 5.98 Å². The van der Waals surface area contributed by atoms with E-state index < -0.39 is 0 Å². The zero-order valence-corrected chi connectivity index (χ0v) is 7.18. The van der Waals surface area contributed by atoms with Gasteiger partial charge in [0.05, 0.1) is 0 Å². The summed E-state index contributed by atoms with van der Waals surface area (Å²) in [5.74, 6) is 1.63. The van der Waals surface area contributed by atoms with Gasteiger partial charge in [0.1, 0.15) is 0 Å². The Labute approximate surface area is 63.4 Å². The van der Waals surface area contributed by atoms with Gasteiger partial charge in [0.25, 0.3) is 0 Å². The van der Waals surface area contributed by atoms with Gasteiger partial charge in [0.2, 0.25) is 0 Å². The third kappa shape index (κ3) is 4.59. The van der Waals surface area contributed by atoms with Crippen molar-refractivity contribution < 1.29 is 9.31 Å². The minimum Gasteiger partial charge on any atom is -0.410 e. The summed E-state index contributed by atoms with van der Waals surface area (Å²) in [6.07, 6.45) is 0. The number of rotatable bonds is 3. The van der Waals surface area contributed by atoms with Crippen LogP contribution in [0.5, 0.6) is 0 Å². The molecule has 0 saturated heterocycles. The maximum atomic E-state index is 5.40. The van der Waals surface area contributed by atoms with Crippen molar-refractivity contribution in [3.63, 3.8) is 0 Å². The molecule has 0 aliphatic rings. The largest absolute Gasteiger partial charge is 0.485 e. The third-order valence-corrected chi connectivity index (χ3v) is 0.894. The van der Waals surface area contributed by atoms with Gasteiger partial charge in [0, 0.05) is 12.7 Å². The molecule has 0 bridgehead atoms. The molecule has 0 amide bonds. The lowest BCUT2D eigenvalue weighted by Gasteiger charge is -2.22. The zero-order chi connectivity index (χ0) is 8.20. The molecule has 0 aliphatic heterocycles. The maximum absolute atomic E-state index is 5.40. The molecule has 0 aromatic carbocycles. The van der Waals surface area contributed by atoms with Crippen LogP contribution >= 0.6 is 0 Å². The Hall–Kier alpha value is -0.275. The van der Waals surface area contributed by atoms with Crippen molar-refractivity contribution >= 4 is 7.12 Å². The summed E-state index contributed by atoms with van der Waals surface area (Å²) in [5, 5.41) is 0. The molecule has 0 atom stereocenters. The molecule has 58 valence electrons. The zero-order valence-electron chi connectivity index (χ0n) is 7.18. The summed E-state index contributed by atoms with van der Waals surface area (Å²) in [4.78, 5) is 0. The maximum Gasteiger partial charge on any atom is 0.485 e. The Morgan fingerprint density at radius 2 is 1.90 bits per heavy atom. The van der Waals surface area contributed by atoms with Gasteiger partial charge in [-0.15, -0.1) is 6.58 Å². The van der Waals surface area contributed by atoms with Crippen molar-refractivity contribution in [3.05, 3.63) is 12.6 Å². The Morgan fingerprint density at radius 3 is 2.00 bits per heavy atom. The highest BCUT2D eigenvalue weighted by Gasteiger charge is 2.20. The molecule has 0 radical (unpaired) electrons. The molecular formula is C7H15BO2. The first-order chi connectivity index (χ1) is 4.49. The monoisotopic (exact) mass is 142 g/mol. The van der Waals surface area contributed by atoms with Crippen molar-refractivity contribution in [2.75, 3.05) is 7.11 Å². The van der Waals surface area contributed by atoms with Crippen LogP contribution in [0.25, 0.3) is 0 Å². The van der Waals surface area contributed by atoms with E-state index in [1.807, 2.05) is 20.8 Å². The predicted molar refractivity (Wildman–Crippen MR) is 43.8 cm³/mol. The fraction of sp³-hybridized carbons (Fsp3) is 0.714. The Balaban J connectivity index is 3.74. The second-order valence-corrected chi connectivity index (χ2v) is 3.07. The third-order valence-electron chi connectivity index (χ3n) is 0.894. The normalized spacial score (nSPS) is 11.2. The molecule has 0 aromatic heterocycles. The van der Waals surface area contributed by atoms with Crippen LogP contribution in [-0.4, -0.2) is 19.8 Å². The van der Waals surface area contributed by atoms with Gasteiger partial charge in [-0.25, -0.2) is 0 Å². The van der Waals surface area contributed by atoms with Crippen molar-refractivity contribution in [2.45, 2.75) is 26.4 Å². The van der Waals surface area contributed by atoms with E-state index in [-0.39, 0.29) is 12.7 Å². The van der Waals surface area contributed by atoms with E-state index in [0.29, 0.717) is 0 Å². The molecule has 0 saturated carbocycles. The van der Waals surface area contributed by atoms with E-state index in [2.05, 4.69) is 6.58 Å². The molecule has 0 rings (SSSR count). The van der Waals surface area contributed by atoms with Crippen molar-refractivity contribution in [2.24, 2.45) is 0 Å². The van der Waals surface area contributed by atoms with Crippen LogP contribution in [0.1, 0.15) is 20.8 Å². The average Bonchev–Trinajstić information content (AvgIpc) is 1.81. The SMILES string of the molecule is C=CB(OC)OC(C)(C)C. The van der Waals surface area contributed by atoms with E-state index in [1.165, 1.54) is 0 Å². The molecular weight excluding hydrogens is 127 g/mol. The fourth-order valence-electron chi connectivity index (χ4n) is 0.541. The predicted octanol–water partition coefficient (Wildman–Crippen LogP) is 1.66. The first-order valence-electron chi connectivity index (χ1n) is 3.33. The van der Waals surface area contributed by atoms with Crippen molar-refractivity contribution in [3.8, 4) is 0 Å². The standard InChI is InChI=1S/C7H15BO2/c1-6-8(9-5)10-7(2,3)4/h6H,1H2,2-5H3. The molecule has 0 N–H and O–H groups in total. The van der Waals surface area contributed by atoms with Crippen LogP contribution in [-0.2, 0) is 9.31 Å². The van der Waals surface area contributed by atoms with Crippen LogP contribution in [0.15, 0.2) is 12.6 Å². The molecule has 0 aromatic rings.